The second kappa shape index (κ2) is 3.59. The van der Waals surface area contributed by atoms with E-state index in [9.17, 15) is 0 Å². The van der Waals surface area contributed by atoms with Crippen molar-refractivity contribution in [2.75, 3.05) is 6.54 Å². The van der Waals surface area contributed by atoms with Crippen molar-refractivity contribution in [2.45, 2.75) is 32.1 Å². The third kappa shape index (κ3) is 1.77. The van der Waals surface area contributed by atoms with Crippen molar-refractivity contribution in [3.05, 3.63) is 18.0 Å². The summed E-state index contributed by atoms with van der Waals surface area (Å²) in [7, 11) is 1.98. The Bertz CT molecular complexity index is 372. The van der Waals surface area contributed by atoms with Gasteiger partial charge in [0.05, 0.1) is 6.20 Å². The number of fused-ring (bicyclic) bond motifs is 1. The van der Waals surface area contributed by atoms with E-state index in [1.165, 1.54) is 31.2 Å². The van der Waals surface area contributed by atoms with Gasteiger partial charge in [0, 0.05) is 13.2 Å². The molecule has 0 amide bonds. The summed E-state index contributed by atoms with van der Waals surface area (Å²) < 4.78 is 1.89. The zero-order chi connectivity index (χ0) is 11.2. The van der Waals surface area contributed by atoms with Crippen LogP contribution in [0.15, 0.2) is 12.4 Å². The van der Waals surface area contributed by atoms with E-state index in [1.54, 1.807) is 0 Å². The summed E-state index contributed by atoms with van der Waals surface area (Å²) in [5, 5.41) is 4.22. The van der Waals surface area contributed by atoms with Crippen LogP contribution in [0.1, 0.15) is 31.2 Å². The summed E-state index contributed by atoms with van der Waals surface area (Å²) in [6.45, 7) is 0.875. The fourth-order valence-electron chi connectivity index (χ4n) is 3.49. The molecule has 1 aromatic heterocycles. The topological polar surface area (TPSA) is 43.8 Å². The van der Waals surface area contributed by atoms with E-state index in [2.05, 4.69) is 11.3 Å². The van der Waals surface area contributed by atoms with E-state index in [1.807, 2.05) is 17.9 Å². The quantitative estimate of drug-likeness (QED) is 0.838. The molecule has 0 bridgehead atoms. The maximum atomic E-state index is 6.00. The molecular formula is C13H21N3. The van der Waals surface area contributed by atoms with Crippen LogP contribution in [0.25, 0.3) is 0 Å². The first kappa shape index (κ1) is 10.3. The maximum absolute atomic E-state index is 6.00. The van der Waals surface area contributed by atoms with E-state index in [4.69, 9.17) is 5.73 Å². The van der Waals surface area contributed by atoms with Crippen LogP contribution in [0.4, 0.5) is 0 Å². The minimum Gasteiger partial charge on any atom is -0.330 e. The van der Waals surface area contributed by atoms with Crippen molar-refractivity contribution in [1.82, 2.24) is 9.78 Å². The summed E-state index contributed by atoms with van der Waals surface area (Å²) in [5.41, 5.74) is 7.82. The highest BCUT2D eigenvalue weighted by atomic mass is 15.2. The van der Waals surface area contributed by atoms with Crippen LogP contribution < -0.4 is 5.73 Å². The molecule has 3 rings (SSSR count). The lowest BCUT2D eigenvalue weighted by molar-refractivity contribution is 0.252. The molecule has 2 saturated carbocycles. The smallest absolute Gasteiger partial charge is 0.0521 e. The fraction of sp³-hybridized carbons (Fsp3) is 0.769. The van der Waals surface area contributed by atoms with Gasteiger partial charge >= 0.3 is 0 Å². The van der Waals surface area contributed by atoms with Gasteiger partial charge in [-0.25, -0.2) is 0 Å². The fourth-order valence-corrected chi connectivity index (χ4v) is 3.49. The van der Waals surface area contributed by atoms with E-state index in [0.717, 1.165) is 24.8 Å². The Labute approximate surface area is 97.0 Å². The number of hydrogen-bond donors (Lipinski definition) is 1. The lowest BCUT2D eigenvalue weighted by Gasteiger charge is -2.29. The molecule has 0 saturated heterocycles. The van der Waals surface area contributed by atoms with Crippen LogP contribution in [-0.4, -0.2) is 16.3 Å². The SMILES string of the molecule is Cn1cc(CCC2(CN)CC3CC3C2)cn1. The molecule has 0 radical (unpaired) electrons. The molecule has 2 N–H and O–H groups in total. The lowest BCUT2D eigenvalue weighted by Crippen LogP contribution is -2.29. The van der Waals surface area contributed by atoms with Crippen LogP contribution in [0.3, 0.4) is 0 Å². The third-order valence-electron chi connectivity index (χ3n) is 4.59. The molecular weight excluding hydrogens is 198 g/mol. The summed E-state index contributed by atoms with van der Waals surface area (Å²) in [5.74, 6) is 2.05. The molecule has 16 heavy (non-hydrogen) atoms. The summed E-state index contributed by atoms with van der Waals surface area (Å²) in [6.07, 6.45) is 10.8. The van der Waals surface area contributed by atoms with Crippen LogP contribution in [0.2, 0.25) is 0 Å². The zero-order valence-corrected chi connectivity index (χ0v) is 10.0. The highest BCUT2D eigenvalue weighted by molar-refractivity contribution is 5.08. The molecule has 3 nitrogen and oxygen atoms in total. The van der Waals surface area contributed by atoms with Gasteiger partial charge in [0.1, 0.15) is 0 Å². The van der Waals surface area contributed by atoms with Crippen molar-refractivity contribution < 1.29 is 0 Å². The van der Waals surface area contributed by atoms with Gasteiger partial charge in [-0.05, 0) is 61.5 Å². The molecule has 88 valence electrons. The molecule has 0 aromatic carbocycles. The second-order valence-electron chi connectivity index (χ2n) is 5.89. The standard InChI is InChI=1S/C13H21N3/c1-16-8-10(7-15-16)2-3-13(9-14)5-11-4-12(11)6-13/h7-8,11-12H,2-6,9,14H2,1H3. The Hall–Kier alpha value is -0.830. The Balaban J connectivity index is 1.61. The third-order valence-corrected chi connectivity index (χ3v) is 4.59. The maximum Gasteiger partial charge on any atom is 0.0521 e. The monoisotopic (exact) mass is 219 g/mol. The van der Waals surface area contributed by atoms with Crippen molar-refractivity contribution in [3.63, 3.8) is 0 Å². The molecule has 2 aliphatic carbocycles. The first-order chi connectivity index (χ1) is 7.71. The molecule has 1 aromatic rings. The largest absolute Gasteiger partial charge is 0.330 e. The van der Waals surface area contributed by atoms with Crippen LogP contribution in [0, 0.1) is 17.3 Å². The van der Waals surface area contributed by atoms with E-state index in [0.29, 0.717) is 5.41 Å². The molecule has 1 heterocycles. The number of aromatic nitrogens is 2. The number of aryl methyl sites for hydroxylation is 2. The average Bonchev–Trinajstić information content (AvgIpc) is 2.74. The van der Waals surface area contributed by atoms with Gasteiger partial charge in [0.2, 0.25) is 0 Å². The average molecular weight is 219 g/mol. The summed E-state index contributed by atoms with van der Waals surface area (Å²) in [4.78, 5) is 0. The van der Waals surface area contributed by atoms with Crippen molar-refractivity contribution >= 4 is 0 Å². The lowest BCUT2D eigenvalue weighted by atomic mass is 9.78. The molecule has 2 unspecified atom stereocenters. The van der Waals surface area contributed by atoms with Crippen molar-refractivity contribution in [2.24, 2.45) is 30.0 Å². The predicted molar refractivity (Wildman–Crippen MR) is 63.8 cm³/mol. The molecule has 2 aliphatic rings. The van der Waals surface area contributed by atoms with E-state index >= 15 is 0 Å². The molecule has 0 aliphatic heterocycles. The van der Waals surface area contributed by atoms with Gasteiger partial charge in [-0.3, -0.25) is 4.68 Å². The van der Waals surface area contributed by atoms with Gasteiger partial charge in [-0.2, -0.15) is 5.10 Å². The van der Waals surface area contributed by atoms with Crippen LogP contribution in [0.5, 0.6) is 0 Å². The van der Waals surface area contributed by atoms with Crippen LogP contribution >= 0.6 is 0 Å². The molecule has 3 heteroatoms. The van der Waals surface area contributed by atoms with Gasteiger partial charge in [-0.15, -0.1) is 0 Å². The number of hydrogen-bond acceptors (Lipinski definition) is 2. The number of nitrogens with zero attached hydrogens (tertiary/aromatic N) is 2. The van der Waals surface area contributed by atoms with E-state index in [-0.39, 0.29) is 0 Å². The van der Waals surface area contributed by atoms with E-state index < -0.39 is 0 Å². The number of rotatable bonds is 4. The van der Waals surface area contributed by atoms with Gasteiger partial charge in [0.15, 0.2) is 0 Å². The first-order valence-electron chi connectivity index (χ1n) is 6.38. The Morgan fingerprint density at radius 3 is 2.81 bits per heavy atom. The molecule has 2 fully saturated rings. The highest BCUT2D eigenvalue weighted by Crippen LogP contribution is 2.60. The molecule has 2 atom stereocenters. The van der Waals surface area contributed by atoms with Crippen molar-refractivity contribution in [3.8, 4) is 0 Å². The number of nitrogens with two attached hydrogens (primary N) is 1. The van der Waals surface area contributed by atoms with Crippen molar-refractivity contribution in [1.29, 1.82) is 0 Å². The van der Waals surface area contributed by atoms with Gasteiger partial charge in [-0.1, -0.05) is 0 Å². The van der Waals surface area contributed by atoms with Gasteiger partial charge in [0.25, 0.3) is 0 Å². The first-order valence-corrected chi connectivity index (χ1v) is 6.38. The summed E-state index contributed by atoms with van der Waals surface area (Å²) >= 11 is 0. The normalized spacial score (nSPS) is 36.4. The van der Waals surface area contributed by atoms with Crippen LogP contribution in [-0.2, 0) is 13.5 Å². The molecule has 0 spiro atoms. The van der Waals surface area contributed by atoms with Gasteiger partial charge < -0.3 is 5.73 Å². The minimum absolute atomic E-state index is 0.462. The zero-order valence-electron chi connectivity index (χ0n) is 10.0. The second-order valence-corrected chi connectivity index (χ2v) is 5.89. The Morgan fingerprint density at radius 2 is 2.25 bits per heavy atom. The predicted octanol–water partition coefficient (Wildman–Crippen LogP) is 1.73. The summed E-state index contributed by atoms with van der Waals surface area (Å²) in [6, 6.07) is 0. The minimum atomic E-state index is 0.462. The Morgan fingerprint density at radius 1 is 1.50 bits per heavy atom. The highest BCUT2D eigenvalue weighted by Gasteiger charge is 2.52. The Kier molecular flexibility index (Phi) is 2.32.